The molecule has 0 radical (unpaired) electrons. The summed E-state index contributed by atoms with van der Waals surface area (Å²) < 4.78 is 0.961. The maximum absolute atomic E-state index is 11.9. The SMILES string of the molecule is Cc1nn(CC(=O)NCCC#N)c(=O)c(C#N)c1C. The van der Waals surface area contributed by atoms with E-state index < -0.39 is 11.5 Å². The van der Waals surface area contributed by atoms with Gasteiger partial charge in [0.05, 0.1) is 18.2 Å². The van der Waals surface area contributed by atoms with Crippen molar-refractivity contribution in [1.29, 1.82) is 10.5 Å². The van der Waals surface area contributed by atoms with Crippen LogP contribution in [-0.4, -0.2) is 22.2 Å². The van der Waals surface area contributed by atoms with Crippen molar-refractivity contribution in [3.05, 3.63) is 27.2 Å². The molecule has 98 valence electrons. The summed E-state index contributed by atoms with van der Waals surface area (Å²) in [7, 11) is 0. The van der Waals surface area contributed by atoms with E-state index in [1.165, 1.54) is 0 Å². The fourth-order valence-electron chi connectivity index (χ4n) is 1.46. The molecule has 19 heavy (non-hydrogen) atoms. The summed E-state index contributed by atoms with van der Waals surface area (Å²) in [6.07, 6.45) is 0.199. The first-order valence-corrected chi connectivity index (χ1v) is 5.63. The standard InChI is InChI=1S/C12H13N5O2/c1-8-9(2)16-17(12(19)10(8)6-14)7-11(18)15-5-3-4-13/h3,5,7H2,1-2H3,(H,15,18). The smallest absolute Gasteiger partial charge is 0.285 e. The fraction of sp³-hybridized carbons (Fsp3) is 0.417. The van der Waals surface area contributed by atoms with E-state index in [1.807, 2.05) is 12.1 Å². The van der Waals surface area contributed by atoms with Gasteiger partial charge in [0.1, 0.15) is 18.2 Å². The Morgan fingerprint density at radius 3 is 2.68 bits per heavy atom. The van der Waals surface area contributed by atoms with Crippen molar-refractivity contribution in [3.63, 3.8) is 0 Å². The Kier molecular flexibility index (Phi) is 4.78. The van der Waals surface area contributed by atoms with E-state index >= 15 is 0 Å². The zero-order chi connectivity index (χ0) is 14.4. The molecule has 1 rings (SSSR count). The topological polar surface area (TPSA) is 112 Å². The molecule has 0 spiro atoms. The van der Waals surface area contributed by atoms with Crippen LogP contribution in [-0.2, 0) is 11.3 Å². The minimum Gasteiger partial charge on any atom is -0.353 e. The van der Waals surface area contributed by atoms with Gasteiger partial charge in [-0.15, -0.1) is 0 Å². The highest BCUT2D eigenvalue weighted by Gasteiger charge is 2.13. The Labute approximate surface area is 110 Å². The average Bonchev–Trinajstić information content (AvgIpc) is 2.37. The van der Waals surface area contributed by atoms with Crippen LogP contribution in [0.15, 0.2) is 4.79 Å². The predicted octanol–water partition coefficient (Wildman–Crippen LogP) is -0.238. The number of nitrogens with zero attached hydrogens (tertiary/aromatic N) is 4. The van der Waals surface area contributed by atoms with Crippen molar-refractivity contribution < 1.29 is 4.79 Å². The van der Waals surface area contributed by atoms with Gasteiger partial charge in [-0.05, 0) is 19.4 Å². The highest BCUT2D eigenvalue weighted by Crippen LogP contribution is 2.04. The number of aryl methyl sites for hydroxylation is 1. The van der Waals surface area contributed by atoms with E-state index in [0.29, 0.717) is 11.3 Å². The van der Waals surface area contributed by atoms with E-state index in [2.05, 4.69) is 10.4 Å². The second-order valence-electron chi connectivity index (χ2n) is 3.92. The summed E-state index contributed by atoms with van der Waals surface area (Å²) in [5.41, 5.74) is 0.466. The number of aromatic nitrogens is 2. The van der Waals surface area contributed by atoms with Crippen molar-refractivity contribution in [2.75, 3.05) is 6.54 Å². The zero-order valence-corrected chi connectivity index (χ0v) is 10.7. The number of nitriles is 2. The monoisotopic (exact) mass is 259 g/mol. The second-order valence-corrected chi connectivity index (χ2v) is 3.92. The lowest BCUT2D eigenvalue weighted by Gasteiger charge is -2.08. The van der Waals surface area contributed by atoms with Crippen LogP contribution in [0.1, 0.15) is 23.2 Å². The maximum Gasteiger partial charge on any atom is 0.285 e. The maximum atomic E-state index is 11.9. The van der Waals surface area contributed by atoms with Gasteiger partial charge in [-0.25, -0.2) is 4.68 Å². The van der Waals surface area contributed by atoms with Crippen LogP contribution in [0.25, 0.3) is 0 Å². The molecule has 0 aliphatic heterocycles. The van der Waals surface area contributed by atoms with E-state index in [1.54, 1.807) is 13.8 Å². The summed E-state index contributed by atoms with van der Waals surface area (Å²) >= 11 is 0. The van der Waals surface area contributed by atoms with Gasteiger partial charge in [-0.2, -0.15) is 15.6 Å². The van der Waals surface area contributed by atoms with Crippen LogP contribution in [0, 0.1) is 36.5 Å². The Morgan fingerprint density at radius 2 is 2.11 bits per heavy atom. The molecule has 0 unspecified atom stereocenters. The normalized spacial score (nSPS) is 9.47. The van der Waals surface area contributed by atoms with Crippen LogP contribution in [0.5, 0.6) is 0 Å². The third-order valence-electron chi connectivity index (χ3n) is 2.60. The highest BCUT2D eigenvalue weighted by molar-refractivity contribution is 5.75. The number of hydrogen-bond acceptors (Lipinski definition) is 5. The molecule has 0 aliphatic carbocycles. The van der Waals surface area contributed by atoms with Gasteiger partial charge < -0.3 is 5.32 Å². The fourth-order valence-corrected chi connectivity index (χ4v) is 1.46. The molecular formula is C12H13N5O2. The molecule has 0 fully saturated rings. The molecule has 1 heterocycles. The molecule has 1 aromatic heterocycles. The van der Waals surface area contributed by atoms with Gasteiger partial charge in [-0.3, -0.25) is 9.59 Å². The third-order valence-corrected chi connectivity index (χ3v) is 2.60. The molecule has 0 atom stereocenters. The average molecular weight is 259 g/mol. The number of rotatable bonds is 4. The molecule has 0 bridgehead atoms. The zero-order valence-electron chi connectivity index (χ0n) is 10.7. The number of amides is 1. The predicted molar refractivity (Wildman–Crippen MR) is 65.9 cm³/mol. The molecule has 1 N–H and O–H groups in total. The quantitative estimate of drug-likeness (QED) is 0.750. The first-order valence-electron chi connectivity index (χ1n) is 5.63. The first kappa shape index (κ1) is 14.4. The first-order chi connectivity index (χ1) is 9.01. The number of carbonyl (C=O) groups excluding carboxylic acids is 1. The van der Waals surface area contributed by atoms with Crippen molar-refractivity contribution in [2.45, 2.75) is 26.8 Å². The largest absolute Gasteiger partial charge is 0.353 e. The number of carbonyl (C=O) groups is 1. The Morgan fingerprint density at radius 1 is 1.42 bits per heavy atom. The van der Waals surface area contributed by atoms with Gasteiger partial charge >= 0.3 is 0 Å². The van der Waals surface area contributed by atoms with Gasteiger partial charge in [0.2, 0.25) is 5.91 Å². The van der Waals surface area contributed by atoms with E-state index in [0.717, 1.165) is 4.68 Å². The molecular weight excluding hydrogens is 246 g/mol. The number of hydrogen-bond donors (Lipinski definition) is 1. The van der Waals surface area contributed by atoms with Crippen LogP contribution < -0.4 is 10.9 Å². The Hall–Kier alpha value is -2.67. The summed E-state index contributed by atoms with van der Waals surface area (Å²) in [6, 6.07) is 3.71. The lowest BCUT2D eigenvalue weighted by atomic mass is 10.1. The third kappa shape index (κ3) is 3.39. The van der Waals surface area contributed by atoms with Crippen molar-refractivity contribution in [2.24, 2.45) is 0 Å². The molecule has 0 aliphatic rings. The summed E-state index contributed by atoms with van der Waals surface area (Å²) in [6.45, 7) is 3.26. The van der Waals surface area contributed by atoms with Crippen LogP contribution in [0.2, 0.25) is 0 Å². The highest BCUT2D eigenvalue weighted by atomic mass is 16.2. The summed E-state index contributed by atoms with van der Waals surface area (Å²) in [5, 5.41) is 23.7. The lowest BCUT2D eigenvalue weighted by molar-refractivity contribution is -0.121. The molecule has 0 aromatic carbocycles. The molecule has 0 saturated carbocycles. The lowest BCUT2D eigenvalue weighted by Crippen LogP contribution is -2.35. The van der Waals surface area contributed by atoms with Gasteiger partial charge in [0, 0.05) is 6.54 Å². The van der Waals surface area contributed by atoms with Crippen LogP contribution in [0.4, 0.5) is 0 Å². The van der Waals surface area contributed by atoms with Gasteiger partial charge in [0.25, 0.3) is 5.56 Å². The van der Waals surface area contributed by atoms with Gasteiger partial charge in [-0.1, -0.05) is 0 Å². The molecule has 1 aromatic rings. The minimum atomic E-state index is -0.582. The molecule has 1 amide bonds. The van der Waals surface area contributed by atoms with Crippen LogP contribution in [0.3, 0.4) is 0 Å². The van der Waals surface area contributed by atoms with E-state index in [-0.39, 0.29) is 25.1 Å². The van der Waals surface area contributed by atoms with E-state index in [4.69, 9.17) is 10.5 Å². The summed E-state index contributed by atoms with van der Waals surface area (Å²) in [5.74, 6) is -0.419. The molecule has 7 heteroatoms. The molecule has 7 nitrogen and oxygen atoms in total. The van der Waals surface area contributed by atoms with Crippen molar-refractivity contribution >= 4 is 5.91 Å². The van der Waals surface area contributed by atoms with Crippen LogP contribution >= 0.6 is 0 Å². The summed E-state index contributed by atoms with van der Waals surface area (Å²) in [4.78, 5) is 23.4. The second kappa shape index (κ2) is 6.31. The van der Waals surface area contributed by atoms with Gasteiger partial charge in [0.15, 0.2) is 0 Å². The van der Waals surface area contributed by atoms with E-state index in [9.17, 15) is 9.59 Å². The molecule has 0 saturated heterocycles. The Bertz CT molecular complexity index is 633. The minimum absolute atomic E-state index is 0.00248. The van der Waals surface area contributed by atoms with Crippen molar-refractivity contribution in [1.82, 2.24) is 15.1 Å². The van der Waals surface area contributed by atoms with Crippen molar-refractivity contribution in [3.8, 4) is 12.1 Å². The Balaban J connectivity index is 2.95. The number of nitrogens with one attached hydrogen (secondary N) is 1.